The summed E-state index contributed by atoms with van der Waals surface area (Å²) in [5, 5.41) is 3.38. The first-order valence-corrected chi connectivity index (χ1v) is 5.93. The van der Waals surface area contributed by atoms with E-state index in [1.807, 2.05) is 0 Å². The Kier molecular flexibility index (Phi) is 2.71. The average molecular weight is 194 g/mol. The zero-order valence-corrected chi connectivity index (χ0v) is 9.31. The zero-order chi connectivity index (χ0) is 10.0. The summed E-state index contributed by atoms with van der Waals surface area (Å²) < 4.78 is 0. The highest BCUT2D eigenvalue weighted by Crippen LogP contribution is 2.53. The maximum absolute atomic E-state index is 4.10. The van der Waals surface area contributed by atoms with Gasteiger partial charge >= 0.3 is 0 Å². The standard InChI is InChI=1S/C12H22N2/c1-3-8-13-11(2)14-9-6-12(4-5-12)7-10-14/h13H,2-10H2,1H3. The van der Waals surface area contributed by atoms with Crippen molar-refractivity contribution < 1.29 is 0 Å². The molecular weight excluding hydrogens is 172 g/mol. The first-order valence-electron chi connectivity index (χ1n) is 5.93. The van der Waals surface area contributed by atoms with Gasteiger partial charge in [-0.3, -0.25) is 0 Å². The lowest BCUT2D eigenvalue weighted by Crippen LogP contribution is -2.38. The highest BCUT2D eigenvalue weighted by atomic mass is 15.2. The van der Waals surface area contributed by atoms with Gasteiger partial charge in [-0.05, 0) is 37.5 Å². The third-order valence-corrected chi connectivity index (χ3v) is 3.74. The van der Waals surface area contributed by atoms with Gasteiger partial charge < -0.3 is 10.2 Å². The molecule has 0 radical (unpaired) electrons. The van der Waals surface area contributed by atoms with Gasteiger partial charge in [-0.15, -0.1) is 0 Å². The number of rotatable bonds is 4. The Bertz CT molecular complexity index is 208. The van der Waals surface area contributed by atoms with E-state index in [0.717, 1.165) is 17.8 Å². The second kappa shape index (κ2) is 3.84. The fraction of sp³-hybridized carbons (Fsp3) is 0.833. The van der Waals surface area contributed by atoms with Crippen LogP contribution in [0, 0.1) is 5.41 Å². The van der Waals surface area contributed by atoms with E-state index in [0.29, 0.717) is 0 Å². The molecule has 2 heteroatoms. The summed E-state index contributed by atoms with van der Waals surface area (Å²) in [7, 11) is 0. The van der Waals surface area contributed by atoms with Gasteiger partial charge in [0.25, 0.3) is 0 Å². The molecule has 14 heavy (non-hydrogen) atoms. The largest absolute Gasteiger partial charge is 0.372 e. The Hall–Kier alpha value is -0.660. The summed E-state index contributed by atoms with van der Waals surface area (Å²) in [5.41, 5.74) is 0.779. The molecule has 80 valence electrons. The van der Waals surface area contributed by atoms with Crippen molar-refractivity contribution in [2.24, 2.45) is 5.41 Å². The predicted octanol–water partition coefficient (Wildman–Crippen LogP) is 2.33. The van der Waals surface area contributed by atoms with Crippen LogP contribution in [0.25, 0.3) is 0 Å². The number of hydrogen-bond donors (Lipinski definition) is 1. The molecule has 0 atom stereocenters. The third kappa shape index (κ3) is 2.05. The molecule has 1 spiro atoms. The minimum atomic E-state index is 0.779. The minimum absolute atomic E-state index is 0.779. The van der Waals surface area contributed by atoms with Crippen LogP contribution in [0.2, 0.25) is 0 Å². The topological polar surface area (TPSA) is 15.3 Å². The maximum atomic E-state index is 4.10. The van der Waals surface area contributed by atoms with Crippen molar-refractivity contribution in [1.82, 2.24) is 10.2 Å². The van der Waals surface area contributed by atoms with Crippen LogP contribution in [0.1, 0.15) is 39.0 Å². The van der Waals surface area contributed by atoms with E-state index in [-0.39, 0.29) is 0 Å². The molecule has 1 N–H and O–H groups in total. The Labute approximate surface area is 87.4 Å². The monoisotopic (exact) mass is 194 g/mol. The Morgan fingerprint density at radius 2 is 1.93 bits per heavy atom. The van der Waals surface area contributed by atoms with Crippen LogP contribution >= 0.6 is 0 Å². The second-order valence-corrected chi connectivity index (χ2v) is 4.86. The highest BCUT2D eigenvalue weighted by Gasteiger charge is 2.44. The van der Waals surface area contributed by atoms with E-state index in [9.17, 15) is 0 Å². The Morgan fingerprint density at radius 3 is 2.43 bits per heavy atom. The molecule has 1 saturated carbocycles. The summed E-state index contributed by atoms with van der Waals surface area (Å²) in [6.07, 6.45) is 6.92. The van der Waals surface area contributed by atoms with Crippen LogP contribution in [0.3, 0.4) is 0 Å². The van der Waals surface area contributed by atoms with E-state index in [1.54, 1.807) is 0 Å². The molecule has 0 amide bonds. The van der Waals surface area contributed by atoms with Crippen molar-refractivity contribution in [3.05, 3.63) is 12.4 Å². The van der Waals surface area contributed by atoms with E-state index < -0.39 is 0 Å². The SMILES string of the molecule is C=C(NCCC)N1CCC2(CC1)CC2. The zero-order valence-electron chi connectivity index (χ0n) is 9.31. The first kappa shape index (κ1) is 9.88. The fourth-order valence-corrected chi connectivity index (χ4v) is 2.31. The number of nitrogens with one attached hydrogen (secondary N) is 1. The van der Waals surface area contributed by atoms with Gasteiger partial charge in [-0.25, -0.2) is 0 Å². The molecule has 2 rings (SSSR count). The van der Waals surface area contributed by atoms with Gasteiger partial charge in [0.15, 0.2) is 0 Å². The van der Waals surface area contributed by atoms with Gasteiger partial charge in [0.1, 0.15) is 0 Å². The molecule has 0 aromatic carbocycles. The number of hydrogen-bond acceptors (Lipinski definition) is 2. The van der Waals surface area contributed by atoms with Gasteiger partial charge in [0, 0.05) is 19.6 Å². The number of likely N-dealkylation sites (tertiary alicyclic amines) is 1. The van der Waals surface area contributed by atoms with Crippen molar-refractivity contribution in [1.29, 1.82) is 0 Å². The van der Waals surface area contributed by atoms with Crippen molar-refractivity contribution in [2.45, 2.75) is 39.0 Å². The van der Waals surface area contributed by atoms with Crippen LogP contribution in [-0.2, 0) is 0 Å². The molecule has 0 aromatic rings. The van der Waals surface area contributed by atoms with Crippen LogP contribution in [0.4, 0.5) is 0 Å². The second-order valence-electron chi connectivity index (χ2n) is 4.86. The van der Waals surface area contributed by atoms with E-state index in [4.69, 9.17) is 0 Å². The van der Waals surface area contributed by atoms with Gasteiger partial charge in [-0.2, -0.15) is 0 Å². The van der Waals surface area contributed by atoms with Crippen LogP contribution in [-0.4, -0.2) is 24.5 Å². The van der Waals surface area contributed by atoms with Crippen molar-refractivity contribution in [3.8, 4) is 0 Å². The molecule has 0 bridgehead atoms. The van der Waals surface area contributed by atoms with Crippen molar-refractivity contribution >= 4 is 0 Å². The minimum Gasteiger partial charge on any atom is -0.372 e. The van der Waals surface area contributed by atoms with E-state index in [1.165, 1.54) is 45.2 Å². The molecule has 1 aliphatic carbocycles. The lowest BCUT2D eigenvalue weighted by atomic mass is 9.94. The molecule has 2 aliphatic rings. The maximum Gasteiger partial charge on any atom is 0.0938 e. The van der Waals surface area contributed by atoms with Gasteiger partial charge in [0.2, 0.25) is 0 Å². The van der Waals surface area contributed by atoms with E-state index in [2.05, 4.69) is 23.7 Å². The smallest absolute Gasteiger partial charge is 0.0938 e. The number of piperidine rings is 1. The van der Waals surface area contributed by atoms with Crippen molar-refractivity contribution in [3.63, 3.8) is 0 Å². The Morgan fingerprint density at radius 1 is 1.29 bits per heavy atom. The molecular formula is C12H22N2. The fourth-order valence-electron chi connectivity index (χ4n) is 2.31. The summed E-state index contributed by atoms with van der Waals surface area (Å²) in [6, 6.07) is 0. The summed E-state index contributed by atoms with van der Waals surface area (Å²) in [4.78, 5) is 2.42. The number of nitrogens with zero attached hydrogens (tertiary/aromatic N) is 1. The molecule has 1 aliphatic heterocycles. The first-order chi connectivity index (χ1) is 6.76. The Balaban J connectivity index is 1.74. The molecule has 1 saturated heterocycles. The molecule has 2 fully saturated rings. The van der Waals surface area contributed by atoms with Crippen LogP contribution in [0.5, 0.6) is 0 Å². The van der Waals surface area contributed by atoms with Crippen molar-refractivity contribution in [2.75, 3.05) is 19.6 Å². The van der Waals surface area contributed by atoms with Gasteiger partial charge in [-0.1, -0.05) is 13.5 Å². The average Bonchev–Trinajstić information content (AvgIpc) is 2.96. The van der Waals surface area contributed by atoms with Crippen LogP contribution < -0.4 is 5.32 Å². The predicted molar refractivity (Wildman–Crippen MR) is 59.9 cm³/mol. The lowest BCUT2D eigenvalue weighted by molar-refractivity contribution is 0.202. The molecule has 2 nitrogen and oxygen atoms in total. The summed E-state index contributed by atoms with van der Waals surface area (Å²) >= 11 is 0. The summed E-state index contributed by atoms with van der Waals surface area (Å²) in [6.45, 7) is 9.78. The van der Waals surface area contributed by atoms with E-state index >= 15 is 0 Å². The quantitative estimate of drug-likeness (QED) is 0.739. The third-order valence-electron chi connectivity index (χ3n) is 3.74. The molecule has 0 unspecified atom stereocenters. The highest BCUT2D eigenvalue weighted by molar-refractivity contribution is 5.01. The van der Waals surface area contributed by atoms with Crippen LogP contribution in [0.15, 0.2) is 12.4 Å². The van der Waals surface area contributed by atoms with Gasteiger partial charge in [0.05, 0.1) is 5.82 Å². The molecule has 0 aromatic heterocycles. The molecule has 1 heterocycles. The lowest BCUT2D eigenvalue weighted by Gasteiger charge is -2.35. The summed E-state index contributed by atoms with van der Waals surface area (Å²) in [5.74, 6) is 1.14. The normalized spacial score (nSPS) is 23.6.